The highest BCUT2D eigenvalue weighted by Crippen LogP contribution is 2.34. The van der Waals surface area contributed by atoms with Gasteiger partial charge in [0.15, 0.2) is 17.5 Å². The van der Waals surface area contributed by atoms with Crippen molar-refractivity contribution in [1.29, 1.82) is 0 Å². The third-order valence-corrected chi connectivity index (χ3v) is 4.50. The lowest BCUT2D eigenvalue weighted by atomic mass is 10.1. The lowest BCUT2D eigenvalue weighted by Crippen LogP contribution is -3.12. The summed E-state index contributed by atoms with van der Waals surface area (Å²) >= 11 is 0. The largest absolute Gasteiger partial charge is 0.454 e. The summed E-state index contributed by atoms with van der Waals surface area (Å²) in [7, 11) is 2.04. The summed E-state index contributed by atoms with van der Waals surface area (Å²) in [5.41, 5.74) is 3.23. The van der Waals surface area contributed by atoms with Gasteiger partial charge in [0, 0.05) is 17.3 Å². The number of carbonyl (C=O) groups excluding carboxylic acids is 1. The summed E-state index contributed by atoms with van der Waals surface area (Å²) in [6, 6.07) is 13.5. The zero-order valence-corrected chi connectivity index (χ0v) is 14.3. The van der Waals surface area contributed by atoms with Crippen molar-refractivity contribution in [3.63, 3.8) is 0 Å². The quantitative estimate of drug-likeness (QED) is 0.880. The van der Waals surface area contributed by atoms with Crippen LogP contribution in [0.1, 0.15) is 18.1 Å². The summed E-state index contributed by atoms with van der Waals surface area (Å²) in [5.74, 6) is 1.37. The molecule has 0 bridgehead atoms. The summed E-state index contributed by atoms with van der Waals surface area (Å²) in [4.78, 5) is 13.7. The second-order valence-electron chi connectivity index (χ2n) is 6.23. The Bertz CT molecular complexity index is 745. The first-order valence-corrected chi connectivity index (χ1v) is 8.12. The zero-order valence-electron chi connectivity index (χ0n) is 14.3. The molecule has 2 atom stereocenters. The molecule has 0 radical (unpaired) electrons. The molecular weight excluding hydrogens is 304 g/mol. The third kappa shape index (κ3) is 3.51. The normalized spacial score (nSPS) is 15.0. The van der Waals surface area contributed by atoms with E-state index in [2.05, 4.69) is 24.4 Å². The van der Waals surface area contributed by atoms with Crippen LogP contribution in [0.3, 0.4) is 0 Å². The zero-order chi connectivity index (χ0) is 17.1. The number of likely N-dealkylation sites (N-methyl/N-ethyl adjacent to an activating group) is 1. The van der Waals surface area contributed by atoms with Gasteiger partial charge in [0.25, 0.3) is 5.91 Å². The van der Waals surface area contributed by atoms with Crippen LogP contribution >= 0.6 is 0 Å². The summed E-state index contributed by atoms with van der Waals surface area (Å²) < 4.78 is 10.6. The van der Waals surface area contributed by atoms with Gasteiger partial charge in [-0.1, -0.05) is 24.3 Å². The van der Waals surface area contributed by atoms with Crippen molar-refractivity contribution in [3.8, 4) is 11.5 Å². The first kappa shape index (κ1) is 16.3. The van der Waals surface area contributed by atoms with Crippen molar-refractivity contribution in [2.75, 3.05) is 19.2 Å². The number of benzene rings is 2. The molecule has 0 spiro atoms. The number of rotatable bonds is 5. The number of hydrogen-bond acceptors (Lipinski definition) is 3. The molecule has 0 saturated heterocycles. The van der Waals surface area contributed by atoms with Crippen molar-refractivity contribution in [3.05, 3.63) is 53.6 Å². The van der Waals surface area contributed by atoms with Gasteiger partial charge in [-0.05, 0) is 31.5 Å². The second kappa shape index (κ2) is 6.93. The molecule has 1 aliphatic heterocycles. The van der Waals surface area contributed by atoms with E-state index < -0.39 is 0 Å². The maximum absolute atomic E-state index is 12.5. The number of aryl methyl sites for hydroxylation is 1. The topological polar surface area (TPSA) is 52.0 Å². The number of carbonyl (C=O) groups is 1. The van der Waals surface area contributed by atoms with Crippen LogP contribution in [0.2, 0.25) is 0 Å². The molecule has 24 heavy (non-hydrogen) atoms. The van der Waals surface area contributed by atoms with E-state index in [1.165, 1.54) is 11.1 Å². The number of ether oxygens (including phenoxy) is 2. The van der Waals surface area contributed by atoms with E-state index in [9.17, 15) is 4.79 Å². The molecule has 0 fully saturated rings. The third-order valence-electron chi connectivity index (χ3n) is 4.50. The van der Waals surface area contributed by atoms with Gasteiger partial charge in [-0.2, -0.15) is 0 Å². The molecule has 0 saturated carbocycles. The van der Waals surface area contributed by atoms with Gasteiger partial charge in [-0.25, -0.2) is 0 Å². The van der Waals surface area contributed by atoms with Gasteiger partial charge in [0.1, 0.15) is 6.54 Å². The Morgan fingerprint density at radius 3 is 2.75 bits per heavy atom. The SMILES string of the molecule is Cc1ccccc1C[NH+](C)[C@@H](C)C(=O)Nc1ccc2c(c1)OCO2. The average molecular weight is 327 g/mol. The summed E-state index contributed by atoms with van der Waals surface area (Å²) in [6.07, 6.45) is 0. The number of nitrogens with one attached hydrogen (secondary N) is 2. The number of quaternary nitrogens is 1. The van der Waals surface area contributed by atoms with Crippen LogP contribution in [0.25, 0.3) is 0 Å². The molecule has 126 valence electrons. The van der Waals surface area contributed by atoms with Gasteiger partial charge in [0.05, 0.1) is 7.05 Å². The molecule has 1 unspecified atom stereocenters. The summed E-state index contributed by atoms with van der Waals surface area (Å²) in [5, 5.41) is 2.96. The molecule has 2 aromatic carbocycles. The number of fused-ring (bicyclic) bond motifs is 1. The smallest absolute Gasteiger partial charge is 0.282 e. The van der Waals surface area contributed by atoms with Crippen molar-refractivity contribution in [2.45, 2.75) is 26.4 Å². The van der Waals surface area contributed by atoms with Crippen molar-refractivity contribution >= 4 is 11.6 Å². The molecule has 1 aliphatic rings. The van der Waals surface area contributed by atoms with Crippen LogP contribution in [0.15, 0.2) is 42.5 Å². The van der Waals surface area contributed by atoms with Crippen LogP contribution in [0.5, 0.6) is 11.5 Å². The molecule has 3 rings (SSSR count). The molecule has 0 aromatic heterocycles. The lowest BCUT2D eigenvalue weighted by Gasteiger charge is -2.22. The highest BCUT2D eigenvalue weighted by atomic mass is 16.7. The fourth-order valence-electron chi connectivity index (χ4n) is 2.71. The Morgan fingerprint density at radius 1 is 1.21 bits per heavy atom. The highest BCUT2D eigenvalue weighted by molar-refractivity contribution is 5.93. The Kier molecular flexibility index (Phi) is 4.71. The molecule has 5 heteroatoms. The lowest BCUT2D eigenvalue weighted by molar-refractivity contribution is -0.907. The van der Waals surface area contributed by atoms with Crippen molar-refractivity contribution in [2.24, 2.45) is 0 Å². The molecule has 1 amide bonds. The monoisotopic (exact) mass is 327 g/mol. The first-order valence-electron chi connectivity index (χ1n) is 8.12. The second-order valence-corrected chi connectivity index (χ2v) is 6.23. The first-order chi connectivity index (χ1) is 11.5. The van der Waals surface area contributed by atoms with E-state index in [1.54, 1.807) is 6.07 Å². The van der Waals surface area contributed by atoms with Gasteiger partial charge in [-0.15, -0.1) is 0 Å². The molecule has 1 heterocycles. The molecule has 0 aliphatic carbocycles. The number of hydrogen-bond donors (Lipinski definition) is 2. The van der Waals surface area contributed by atoms with E-state index in [0.29, 0.717) is 11.5 Å². The van der Waals surface area contributed by atoms with Crippen LogP contribution in [-0.4, -0.2) is 25.8 Å². The van der Waals surface area contributed by atoms with Crippen LogP contribution in [0, 0.1) is 6.92 Å². The average Bonchev–Trinajstić information content (AvgIpc) is 3.03. The Hall–Kier alpha value is -2.53. The number of amides is 1. The fourth-order valence-corrected chi connectivity index (χ4v) is 2.71. The minimum Gasteiger partial charge on any atom is -0.454 e. The van der Waals surface area contributed by atoms with Crippen LogP contribution < -0.4 is 19.7 Å². The van der Waals surface area contributed by atoms with Crippen LogP contribution in [0.4, 0.5) is 5.69 Å². The maximum Gasteiger partial charge on any atom is 0.282 e. The van der Waals surface area contributed by atoms with Gasteiger partial charge in [0.2, 0.25) is 6.79 Å². The minimum absolute atomic E-state index is 0.0139. The van der Waals surface area contributed by atoms with E-state index in [4.69, 9.17) is 9.47 Å². The highest BCUT2D eigenvalue weighted by Gasteiger charge is 2.23. The Labute approximate surface area is 142 Å². The molecule has 2 aromatic rings. The predicted molar refractivity (Wildman–Crippen MR) is 92.4 cm³/mol. The van der Waals surface area contributed by atoms with E-state index in [1.807, 2.05) is 38.2 Å². The summed E-state index contributed by atoms with van der Waals surface area (Å²) in [6.45, 7) is 5.07. The predicted octanol–water partition coefficient (Wildman–Crippen LogP) is 1.77. The van der Waals surface area contributed by atoms with Crippen molar-refractivity contribution < 1.29 is 19.2 Å². The fraction of sp³-hybridized carbons (Fsp3) is 0.316. The standard InChI is InChI=1S/C19H22N2O3/c1-13-6-4-5-7-15(13)11-21(3)14(2)19(22)20-16-8-9-17-18(10-16)24-12-23-17/h4-10,14H,11-12H2,1-3H3,(H,20,22)/p+1/t14-/m0/s1. The Balaban J connectivity index is 1.63. The maximum atomic E-state index is 12.5. The van der Waals surface area contributed by atoms with Gasteiger partial charge >= 0.3 is 0 Å². The van der Waals surface area contributed by atoms with E-state index in [-0.39, 0.29) is 18.7 Å². The van der Waals surface area contributed by atoms with E-state index in [0.717, 1.165) is 17.1 Å². The molecule has 5 nitrogen and oxygen atoms in total. The van der Waals surface area contributed by atoms with E-state index >= 15 is 0 Å². The van der Waals surface area contributed by atoms with Gasteiger partial charge in [-0.3, -0.25) is 4.79 Å². The molecular formula is C19H23N2O3+. The number of anilines is 1. The van der Waals surface area contributed by atoms with Gasteiger partial charge < -0.3 is 19.7 Å². The van der Waals surface area contributed by atoms with Crippen LogP contribution in [-0.2, 0) is 11.3 Å². The van der Waals surface area contributed by atoms with Crippen molar-refractivity contribution in [1.82, 2.24) is 0 Å². The minimum atomic E-state index is -0.171. The molecule has 2 N–H and O–H groups in total. The Morgan fingerprint density at radius 2 is 1.96 bits per heavy atom.